The minimum absolute atomic E-state index is 0.117. The summed E-state index contributed by atoms with van der Waals surface area (Å²) < 4.78 is 5.60. The maximum atomic E-state index is 13.0. The highest BCUT2D eigenvalue weighted by molar-refractivity contribution is 5.93. The van der Waals surface area contributed by atoms with Gasteiger partial charge in [-0.3, -0.25) is 9.59 Å². The molecule has 1 aromatic rings. The predicted octanol–water partition coefficient (Wildman–Crippen LogP) is 5.85. The molecule has 0 spiro atoms. The van der Waals surface area contributed by atoms with Crippen LogP contribution in [-0.4, -0.2) is 18.5 Å². The van der Waals surface area contributed by atoms with Crippen molar-refractivity contribution in [3.05, 3.63) is 29.8 Å². The number of ether oxygens (including phenoxy) is 1. The number of amides is 1. The van der Waals surface area contributed by atoms with Gasteiger partial charge < -0.3 is 10.1 Å². The summed E-state index contributed by atoms with van der Waals surface area (Å²) in [6.45, 7) is -0.169. The lowest BCUT2D eigenvalue weighted by Gasteiger charge is -2.57. The molecule has 0 unspecified atom stereocenters. The van der Waals surface area contributed by atoms with Gasteiger partial charge in [-0.1, -0.05) is 12.1 Å². The van der Waals surface area contributed by atoms with Crippen molar-refractivity contribution in [2.75, 3.05) is 11.9 Å². The molecule has 8 aliphatic rings. The average Bonchev–Trinajstić information content (AvgIpc) is 2.76. The Morgan fingerprint density at radius 2 is 1.18 bits per heavy atom. The van der Waals surface area contributed by atoms with Crippen LogP contribution in [0.5, 0.6) is 0 Å². The van der Waals surface area contributed by atoms with Crippen molar-refractivity contribution in [2.24, 2.45) is 40.9 Å². The standard InChI is InChI=1S/C29H37NO3/c31-26(17-33-27(32)29-14-21-8-22(15-29)10-23(9-21)16-29)30-25-3-1-24(2-4-25)28-11-18-5-19(12-28)7-20(6-18)13-28/h1-4,18-23H,5-17H2,(H,30,31). The molecule has 0 saturated heterocycles. The summed E-state index contributed by atoms with van der Waals surface area (Å²) in [5.41, 5.74) is 2.35. The van der Waals surface area contributed by atoms with Gasteiger partial charge in [-0.25, -0.2) is 0 Å². The van der Waals surface area contributed by atoms with Crippen LogP contribution in [0.15, 0.2) is 24.3 Å². The molecule has 33 heavy (non-hydrogen) atoms. The lowest BCUT2D eigenvalue weighted by atomic mass is 9.48. The Morgan fingerprint density at radius 3 is 1.67 bits per heavy atom. The van der Waals surface area contributed by atoms with Gasteiger partial charge in [-0.15, -0.1) is 0 Å². The van der Waals surface area contributed by atoms with Crippen molar-refractivity contribution < 1.29 is 14.3 Å². The second kappa shape index (κ2) is 7.33. The Kier molecular flexibility index (Phi) is 4.56. The lowest BCUT2D eigenvalue weighted by Crippen LogP contribution is -2.50. The van der Waals surface area contributed by atoms with E-state index in [0.717, 1.165) is 42.7 Å². The molecule has 176 valence electrons. The molecule has 1 N–H and O–H groups in total. The third kappa shape index (κ3) is 3.46. The quantitative estimate of drug-likeness (QED) is 0.576. The predicted molar refractivity (Wildman–Crippen MR) is 126 cm³/mol. The molecule has 0 atom stereocenters. The number of carbonyl (C=O) groups is 2. The molecule has 1 aromatic carbocycles. The second-order valence-corrected chi connectivity index (χ2v) is 13.1. The zero-order valence-electron chi connectivity index (χ0n) is 19.7. The van der Waals surface area contributed by atoms with Gasteiger partial charge in [-0.2, -0.15) is 0 Å². The van der Waals surface area contributed by atoms with Gasteiger partial charge in [-0.05, 0) is 136 Å². The first-order chi connectivity index (χ1) is 16.0. The minimum atomic E-state index is -0.297. The summed E-state index contributed by atoms with van der Waals surface area (Å²) in [5, 5.41) is 2.96. The number of anilines is 1. The van der Waals surface area contributed by atoms with Gasteiger partial charge in [0, 0.05) is 5.69 Å². The van der Waals surface area contributed by atoms with Crippen molar-refractivity contribution in [3.63, 3.8) is 0 Å². The molecule has 0 heterocycles. The molecule has 8 bridgehead atoms. The van der Waals surface area contributed by atoms with Crippen molar-refractivity contribution in [2.45, 2.75) is 82.5 Å². The van der Waals surface area contributed by atoms with E-state index in [1.165, 1.54) is 63.4 Å². The van der Waals surface area contributed by atoms with Gasteiger partial charge in [0.05, 0.1) is 5.41 Å². The Bertz CT molecular complexity index is 893. The zero-order chi connectivity index (χ0) is 22.2. The summed E-state index contributed by atoms with van der Waals surface area (Å²) in [6, 6.07) is 8.58. The largest absolute Gasteiger partial charge is 0.455 e. The highest BCUT2D eigenvalue weighted by Crippen LogP contribution is 2.61. The fourth-order valence-electron chi connectivity index (χ4n) is 10.2. The van der Waals surface area contributed by atoms with Crippen LogP contribution in [0.3, 0.4) is 0 Å². The number of carbonyl (C=O) groups excluding carboxylic acids is 2. The van der Waals surface area contributed by atoms with E-state index in [0.29, 0.717) is 23.2 Å². The SMILES string of the molecule is O=C(COC(=O)C12CC3CC(CC(C3)C1)C2)Nc1ccc(C23CC4CC(CC(C4)C2)C3)cc1. The Hall–Kier alpha value is -1.84. The second-order valence-electron chi connectivity index (χ2n) is 13.1. The Labute approximate surface area is 197 Å². The molecule has 8 aliphatic carbocycles. The molecule has 4 nitrogen and oxygen atoms in total. The van der Waals surface area contributed by atoms with Gasteiger partial charge >= 0.3 is 5.97 Å². The van der Waals surface area contributed by atoms with E-state index in [9.17, 15) is 9.59 Å². The molecule has 8 saturated carbocycles. The monoisotopic (exact) mass is 447 g/mol. The third-order valence-corrected chi connectivity index (χ3v) is 10.6. The number of nitrogens with one attached hydrogen (secondary N) is 1. The van der Waals surface area contributed by atoms with Crippen LogP contribution in [0.4, 0.5) is 5.69 Å². The van der Waals surface area contributed by atoms with Crippen molar-refractivity contribution >= 4 is 17.6 Å². The highest BCUT2D eigenvalue weighted by Gasteiger charge is 2.55. The molecular formula is C29H37NO3. The number of rotatable bonds is 5. The number of hydrogen-bond acceptors (Lipinski definition) is 3. The molecule has 4 heteroatoms. The minimum Gasteiger partial charge on any atom is -0.455 e. The summed E-state index contributed by atoms with van der Waals surface area (Å²) in [6.07, 6.45) is 15.2. The molecular weight excluding hydrogens is 410 g/mol. The van der Waals surface area contributed by atoms with Crippen molar-refractivity contribution in [1.29, 1.82) is 0 Å². The first-order valence-electron chi connectivity index (χ1n) is 13.5. The van der Waals surface area contributed by atoms with Gasteiger partial charge in [0.15, 0.2) is 6.61 Å². The highest BCUT2D eigenvalue weighted by atomic mass is 16.5. The lowest BCUT2D eigenvalue weighted by molar-refractivity contribution is -0.172. The zero-order valence-corrected chi connectivity index (χ0v) is 19.7. The number of benzene rings is 1. The number of esters is 1. The van der Waals surface area contributed by atoms with Crippen LogP contribution < -0.4 is 5.32 Å². The van der Waals surface area contributed by atoms with Gasteiger partial charge in [0.2, 0.25) is 0 Å². The molecule has 9 rings (SSSR count). The van der Waals surface area contributed by atoms with E-state index in [-0.39, 0.29) is 23.9 Å². The summed E-state index contributed by atoms with van der Waals surface area (Å²) in [4.78, 5) is 25.6. The Morgan fingerprint density at radius 1 is 0.727 bits per heavy atom. The van der Waals surface area contributed by atoms with E-state index >= 15 is 0 Å². The summed E-state index contributed by atoms with van der Waals surface area (Å²) in [7, 11) is 0. The van der Waals surface area contributed by atoms with E-state index in [1.54, 1.807) is 0 Å². The van der Waals surface area contributed by atoms with Crippen LogP contribution in [0, 0.1) is 40.9 Å². The van der Waals surface area contributed by atoms with Crippen molar-refractivity contribution in [1.82, 2.24) is 0 Å². The first-order valence-corrected chi connectivity index (χ1v) is 13.5. The third-order valence-electron chi connectivity index (χ3n) is 10.6. The van der Waals surface area contributed by atoms with Crippen LogP contribution >= 0.6 is 0 Å². The summed E-state index contributed by atoms with van der Waals surface area (Å²) >= 11 is 0. The molecule has 0 aromatic heterocycles. The van der Waals surface area contributed by atoms with Crippen molar-refractivity contribution in [3.8, 4) is 0 Å². The molecule has 8 fully saturated rings. The average molecular weight is 448 g/mol. The van der Waals surface area contributed by atoms with E-state index in [4.69, 9.17) is 4.74 Å². The first kappa shape index (κ1) is 20.5. The van der Waals surface area contributed by atoms with Crippen LogP contribution in [0.2, 0.25) is 0 Å². The maximum Gasteiger partial charge on any atom is 0.312 e. The topological polar surface area (TPSA) is 55.4 Å². The van der Waals surface area contributed by atoms with Gasteiger partial charge in [0.1, 0.15) is 0 Å². The smallest absolute Gasteiger partial charge is 0.312 e. The maximum absolute atomic E-state index is 13.0. The normalized spacial score (nSPS) is 44.1. The number of hydrogen-bond donors (Lipinski definition) is 1. The van der Waals surface area contributed by atoms with E-state index in [2.05, 4.69) is 17.4 Å². The van der Waals surface area contributed by atoms with Crippen LogP contribution in [0.25, 0.3) is 0 Å². The van der Waals surface area contributed by atoms with E-state index in [1.807, 2.05) is 12.1 Å². The fraction of sp³-hybridized carbons (Fsp3) is 0.724. The molecule has 0 radical (unpaired) electrons. The molecule has 0 aliphatic heterocycles. The fourth-order valence-corrected chi connectivity index (χ4v) is 10.2. The molecule has 1 amide bonds. The van der Waals surface area contributed by atoms with Gasteiger partial charge in [0.25, 0.3) is 5.91 Å². The Balaban J connectivity index is 0.965. The summed E-state index contributed by atoms with van der Waals surface area (Å²) in [5.74, 6) is 4.54. The van der Waals surface area contributed by atoms with Crippen LogP contribution in [0.1, 0.15) is 82.6 Å². The van der Waals surface area contributed by atoms with E-state index < -0.39 is 0 Å². The van der Waals surface area contributed by atoms with Crippen LogP contribution in [-0.2, 0) is 19.7 Å².